The summed E-state index contributed by atoms with van der Waals surface area (Å²) in [6, 6.07) is 7.28. The second-order valence-electron chi connectivity index (χ2n) is 5.26. The number of carboxylic acid groups (broad SMARTS) is 1. The number of benzene rings is 1. The zero-order chi connectivity index (χ0) is 18.8. The zero-order valence-electron chi connectivity index (χ0n) is 14.3. The van der Waals surface area contributed by atoms with Crippen molar-refractivity contribution in [3.63, 3.8) is 0 Å². The van der Waals surface area contributed by atoms with Crippen LogP contribution in [0, 0.1) is 0 Å². The minimum atomic E-state index is -0.335. The van der Waals surface area contributed by atoms with Gasteiger partial charge in [0.2, 0.25) is 0 Å². The molecule has 8 heteroatoms. The van der Waals surface area contributed by atoms with Crippen molar-refractivity contribution in [2.75, 3.05) is 7.11 Å². The maximum absolute atomic E-state index is 11.5. The van der Waals surface area contributed by atoms with E-state index in [9.17, 15) is 4.79 Å². The van der Waals surface area contributed by atoms with E-state index in [-0.39, 0.29) is 12.4 Å². The Morgan fingerprint density at radius 1 is 1.27 bits per heavy atom. The Bertz CT molecular complexity index is 810. The van der Waals surface area contributed by atoms with Crippen molar-refractivity contribution in [2.45, 2.75) is 19.4 Å². The van der Waals surface area contributed by atoms with Gasteiger partial charge < -0.3 is 19.4 Å². The van der Waals surface area contributed by atoms with E-state index < -0.39 is 0 Å². The summed E-state index contributed by atoms with van der Waals surface area (Å²) >= 11 is 0. The fourth-order valence-electron chi connectivity index (χ4n) is 2.47. The van der Waals surface area contributed by atoms with E-state index in [0.29, 0.717) is 5.56 Å². The second kappa shape index (κ2) is 9.77. The lowest BCUT2D eigenvalue weighted by Crippen LogP contribution is -2.03. The van der Waals surface area contributed by atoms with Crippen molar-refractivity contribution < 1.29 is 19.4 Å². The molecule has 26 heavy (non-hydrogen) atoms. The number of hydrogen-bond acceptors (Lipinski definition) is 5. The molecular formula is C18H20N4O4. The number of hydrogen-bond donors (Lipinski definition) is 2. The molecule has 0 saturated heterocycles. The van der Waals surface area contributed by atoms with Gasteiger partial charge in [-0.1, -0.05) is 12.1 Å². The standard InChI is InChI=1S/C17H18N4O2.CH2O2/c1-23-17(22)14-6-4-13(5-7-14)16-20-10-12-21(16)11-2-3-15-18-8-9-19-15;2-1-3/h4-10,12H,2-3,11H2,1H3,(H,18,19);1H,(H,2,3). The first-order chi connectivity index (χ1) is 12.7. The molecule has 0 unspecified atom stereocenters. The van der Waals surface area contributed by atoms with Gasteiger partial charge in [0.05, 0.1) is 12.7 Å². The van der Waals surface area contributed by atoms with Crippen LogP contribution in [0.2, 0.25) is 0 Å². The number of H-pyrrole nitrogens is 1. The molecule has 0 aliphatic carbocycles. The molecule has 0 aliphatic rings. The number of aromatic amines is 1. The molecule has 0 radical (unpaired) electrons. The minimum absolute atomic E-state index is 0.250. The van der Waals surface area contributed by atoms with E-state index in [4.69, 9.17) is 14.6 Å². The average Bonchev–Trinajstić information content (AvgIpc) is 3.34. The normalized spacial score (nSPS) is 9.88. The highest BCUT2D eigenvalue weighted by molar-refractivity contribution is 5.89. The van der Waals surface area contributed by atoms with Gasteiger partial charge in [0.25, 0.3) is 6.47 Å². The molecule has 136 valence electrons. The quantitative estimate of drug-likeness (QED) is 0.518. The average molecular weight is 356 g/mol. The Kier molecular flexibility index (Phi) is 7.11. The lowest BCUT2D eigenvalue weighted by molar-refractivity contribution is -0.122. The van der Waals surface area contributed by atoms with Crippen molar-refractivity contribution in [2.24, 2.45) is 0 Å². The summed E-state index contributed by atoms with van der Waals surface area (Å²) in [7, 11) is 1.38. The van der Waals surface area contributed by atoms with Crippen molar-refractivity contribution in [3.8, 4) is 11.4 Å². The Labute approximate surface area is 150 Å². The summed E-state index contributed by atoms with van der Waals surface area (Å²) in [6.07, 6.45) is 9.22. The number of esters is 1. The molecule has 0 saturated carbocycles. The largest absolute Gasteiger partial charge is 0.483 e. The van der Waals surface area contributed by atoms with Gasteiger partial charge in [-0.25, -0.2) is 14.8 Å². The lowest BCUT2D eigenvalue weighted by Gasteiger charge is -2.08. The first kappa shape index (κ1) is 18.9. The summed E-state index contributed by atoms with van der Waals surface area (Å²) in [4.78, 5) is 31.6. The predicted octanol–water partition coefficient (Wildman–Crippen LogP) is 2.39. The van der Waals surface area contributed by atoms with Crippen LogP contribution in [-0.4, -0.2) is 44.2 Å². The number of nitrogens with zero attached hydrogens (tertiary/aromatic N) is 3. The molecule has 2 aromatic heterocycles. The predicted molar refractivity (Wildman–Crippen MR) is 94.6 cm³/mol. The van der Waals surface area contributed by atoms with E-state index in [1.54, 1.807) is 24.5 Å². The van der Waals surface area contributed by atoms with E-state index >= 15 is 0 Å². The third-order valence-electron chi connectivity index (χ3n) is 3.65. The van der Waals surface area contributed by atoms with Crippen LogP contribution in [0.15, 0.2) is 49.1 Å². The monoisotopic (exact) mass is 356 g/mol. The number of carbonyl (C=O) groups excluding carboxylic acids is 1. The van der Waals surface area contributed by atoms with E-state index in [0.717, 1.165) is 36.6 Å². The van der Waals surface area contributed by atoms with E-state index in [2.05, 4.69) is 19.5 Å². The van der Waals surface area contributed by atoms with Crippen LogP contribution in [0.5, 0.6) is 0 Å². The molecule has 2 N–H and O–H groups in total. The third-order valence-corrected chi connectivity index (χ3v) is 3.65. The number of nitrogens with one attached hydrogen (secondary N) is 1. The van der Waals surface area contributed by atoms with Gasteiger partial charge in [-0.15, -0.1) is 0 Å². The number of aryl methyl sites for hydroxylation is 2. The Morgan fingerprint density at radius 3 is 2.62 bits per heavy atom. The molecule has 8 nitrogen and oxygen atoms in total. The highest BCUT2D eigenvalue weighted by atomic mass is 16.5. The molecule has 0 atom stereocenters. The van der Waals surface area contributed by atoms with Crippen LogP contribution in [0.1, 0.15) is 22.6 Å². The van der Waals surface area contributed by atoms with E-state index in [1.165, 1.54) is 7.11 Å². The molecule has 3 rings (SSSR count). The number of rotatable bonds is 6. The van der Waals surface area contributed by atoms with Gasteiger partial charge in [-0.05, 0) is 18.6 Å². The maximum Gasteiger partial charge on any atom is 0.337 e. The van der Waals surface area contributed by atoms with Crippen molar-refractivity contribution in [3.05, 3.63) is 60.4 Å². The molecule has 3 aromatic rings. The van der Waals surface area contributed by atoms with Gasteiger partial charge in [-0.3, -0.25) is 4.79 Å². The Hall–Kier alpha value is -3.42. The first-order valence-corrected chi connectivity index (χ1v) is 7.95. The van der Waals surface area contributed by atoms with Crippen LogP contribution in [0.3, 0.4) is 0 Å². The van der Waals surface area contributed by atoms with Crippen LogP contribution < -0.4 is 0 Å². The van der Waals surface area contributed by atoms with Crippen molar-refractivity contribution in [1.29, 1.82) is 0 Å². The lowest BCUT2D eigenvalue weighted by atomic mass is 10.1. The van der Waals surface area contributed by atoms with Crippen molar-refractivity contribution in [1.82, 2.24) is 19.5 Å². The number of ether oxygens (including phenoxy) is 1. The van der Waals surface area contributed by atoms with Crippen LogP contribution in [0.4, 0.5) is 0 Å². The highest BCUT2D eigenvalue weighted by Crippen LogP contribution is 2.19. The highest BCUT2D eigenvalue weighted by Gasteiger charge is 2.09. The zero-order valence-corrected chi connectivity index (χ0v) is 14.3. The van der Waals surface area contributed by atoms with Crippen LogP contribution >= 0.6 is 0 Å². The summed E-state index contributed by atoms with van der Waals surface area (Å²) in [5.41, 5.74) is 1.51. The Morgan fingerprint density at radius 2 is 2.00 bits per heavy atom. The molecule has 0 amide bonds. The summed E-state index contributed by atoms with van der Waals surface area (Å²) in [5.74, 6) is 1.55. The molecule has 1 aromatic carbocycles. The number of aromatic nitrogens is 4. The Balaban J connectivity index is 0.000000758. The molecule has 0 aliphatic heterocycles. The minimum Gasteiger partial charge on any atom is -0.483 e. The molecule has 0 fully saturated rings. The fraction of sp³-hybridized carbons (Fsp3) is 0.222. The van der Waals surface area contributed by atoms with Gasteiger partial charge in [0, 0.05) is 43.3 Å². The summed E-state index contributed by atoms with van der Waals surface area (Å²) in [6.45, 7) is 0.606. The SMILES string of the molecule is COC(=O)c1ccc(-c2nccn2CCCc2ncc[nH]2)cc1.O=CO. The molecule has 2 heterocycles. The number of imidazole rings is 2. The number of carbonyl (C=O) groups is 2. The van der Waals surface area contributed by atoms with Crippen LogP contribution in [0.25, 0.3) is 11.4 Å². The molecule has 0 spiro atoms. The van der Waals surface area contributed by atoms with Crippen molar-refractivity contribution >= 4 is 12.4 Å². The second-order valence-corrected chi connectivity index (χ2v) is 5.26. The van der Waals surface area contributed by atoms with Gasteiger partial charge >= 0.3 is 5.97 Å². The van der Waals surface area contributed by atoms with E-state index in [1.807, 2.05) is 24.5 Å². The molecule has 0 bridgehead atoms. The van der Waals surface area contributed by atoms with Gasteiger partial charge in [-0.2, -0.15) is 0 Å². The summed E-state index contributed by atoms with van der Waals surface area (Å²) in [5, 5.41) is 6.89. The van der Waals surface area contributed by atoms with Crippen LogP contribution in [-0.2, 0) is 22.5 Å². The molecular weight excluding hydrogens is 336 g/mol. The van der Waals surface area contributed by atoms with Gasteiger partial charge in [0.15, 0.2) is 0 Å². The maximum atomic E-state index is 11.5. The third kappa shape index (κ3) is 5.04. The number of methoxy groups -OCH3 is 1. The topological polar surface area (TPSA) is 110 Å². The fourth-order valence-corrected chi connectivity index (χ4v) is 2.47. The van der Waals surface area contributed by atoms with Gasteiger partial charge in [0.1, 0.15) is 11.6 Å². The smallest absolute Gasteiger partial charge is 0.337 e. The summed E-state index contributed by atoms with van der Waals surface area (Å²) < 4.78 is 6.82. The first-order valence-electron chi connectivity index (χ1n) is 7.95.